The van der Waals surface area contributed by atoms with E-state index in [0.717, 1.165) is 42.3 Å². The van der Waals surface area contributed by atoms with Crippen LogP contribution in [0.15, 0.2) is 35.7 Å². The molecule has 0 radical (unpaired) electrons. The monoisotopic (exact) mass is 382 g/mol. The van der Waals surface area contributed by atoms with Gasteiger partial charge >= 0.3 is 0 Å². The highest BCUT2D eigenvalue weighted by Gasteiger charge is 2.14. The molecule has 0 saturated carbocycles. The lowest BCUT2D eigenvalue weighted by molar-refractivity contribution is -0.118. The zero-order valence-electron chi connectivity index (χ0n) is 14.8. The van der Waals surface area contributed by atoms with Crippen LogP contribution in [0, 0.1) is 20.8 Å². The number of thiazole rings is 1. The lowest BCUT2D eigenvalue weighted by atomic mass is 10.1. The lowest BCUT2D eigenvalue weighted by Gasteiger charge is -2.11. The average Bonchev–Trinajstić information content (AvgIpc) is 3.20. The second-order valence-corrected chi connectivity index (χ2v) is 8.42. The van der Waals surface area contributed by atoms with E-state index in [-0.39, 0.29) is 12.5 Å². The van der Waals surface area contributed by atoms with Gasteiger partial charge in [0.2, 0.25) is 0 Å². The Kier molecular flexibility index (Phi) is 4.38. The van der Waals surface area contributed by atoms with Gasteiger partial charge in [0.1, 0.15) is 5.75 Å². The Morgan fingerprint density at radius 3 is 2.85 bits per heavy atom. The fraction of sp³-hybridized carbons (Fsp3) is 0.200. The molecule has 1 amide bonds. The molecule has 2 aromatic heterocycles. The summed E-state index contributed by atoms with van der Waals surface area (Å²) < 4.78 is 8.06. The van der Waals surface area contributed by atoms with E-state index in [1.165, 1.54) is 5.56 Å². The third-order valence-electron chi connectivity index (χ3n) is 4.18. The summed E-state index contributed by atoms with van der Waals surface area (Å²) in [6.07, 6.45) is 0. The second-order valence-electron chi connectivity index (χ2n) is 6.27. The molecule has 4 aromatic rings. The maximum absolute atomic E-state index is 12.3. The summed E-state index contributed by atoms with van der Waals surface area (Å²) in [5.74, 6) is 0.564. The van der Waals surface area contributed by atoms with Crippen LogP contribution in [0.1, 0.15) is 16.1 Å². The molecule has 0 aliphatic carbocycles. The van der Waals surface area contributed by atoms with Crippen LogP contribution < -0.4 is 10.1 Å². The third kappa shape index (κ3) is 3.18. The number of aromatic nitrogens is 1. The molecule has 0 spiro atoms. The van der Waals surface area contributed by atoms with Crippen molar-refractivity contribution in [2.75, 3.05) is 11.9 Å². The molecular formula is C20H18N2O2S2. The van der Waals surface area contributed by atoms with Gasteiger partial charge in [-0.05, 0) is 43.8 Å². The van der Waals surface area contributed by atoms with Crippen molar-refractivity contribution in [3.63, 3.8) is 0 Å². The summed E-state index contributed by atoms with van der Waals surface area (Å²) in [7, 11) is 0. The van der Waals surface area contributed by atoms with Crippen molar-refractivity contribution >= 4 is 54.6 Å². The van der Waals surface area contributed by atoms with E-state index >= 15 is 0 Å². The number of fused-ring (bicyclic) bond motifs is 3. The number of amides is 1. The smallest absolute Gasteiger partial charge is 0.262 e. The number of nitrogens with one attached hydrogen (secondary N) is 1. The molecule has 2 heterocycles. The van der Waals surface area contributed by atoms with Crippen molar-refractivity contribution in [1.82, 2.24) is 4.98 Å². The predicted molar refractivity (Wildman–Crippen MR) is 110 cm³/mol. The summed E-state index contributed by atoms with van der Waals surface area (Å²) in [4.78, 5) is 16.9. The normalized spacial score (nSPS) is 11.2. The molecule has 26 heavy (non-hydrogen) atoms. The number of carbonyl (C=O) groups is 1. The minimum absolute atomic E-state index is 0.0262. The Morgan fingerprint density at radius 1 is 1.19 bits per heavy atom. The van der Waals surface area contributed by atoms with Gasteiger partial charge in [-0.1, -0.05) is 17.7 Å². The van der Waals surface area contributed by atoms with Gasteiger partial charge in [0.25, 0.3) is 5.91 Å². The molecule has 6 heteroatoms. The fourth-order valence-electron chi connectivity index (χ4n) is 2.99. The van der Waals surface area contributed by atoms with E-state index in [1.54, 1.807) is 22.7 Å². The van der Waals surface area contributed by atoms with Crippen molar-refractivity contribution in [3.05, 3.63) is 51.8 Å². The number of ether oxygens (including phenoxy) is 1. The lowest BCUT2D eigenvalue weighted by Crippen LogP contribution is -2.20. The first-order chi connectivity index (χ1) is 12.5. The molecule has 2 aromatic carbocycles. The molecule has 0 aliphatic heterocycles. The number of nitrogens with zero attached hydrogens (tertiary/aromatic N) is 1. The molecule has 0 saturated heterocycles. The van der Waals surface area contributed by atoms with E-state index in [4.69, 9.17) is 4.74 Å². The van der Waals surface area contributed by atoms with E-state index in [2.05, 4.69) is 10.3 Å². The van der Waals surface area contributed by atoms with Crippen molar-refractivity contribution in [3.8, 4) is 5.75 Å². The van der Waals surface area contributed by atoms with Gasteiger partial charge in [-0.3, -0.25) is 4.79 Å². The molecule has 0 bridgehead atoms. The zero-order chi connectivity index (χ0) is 18.3. The van der Waals surface area contributed by atoms with Gasteiger partial charge in [-0.15, -0.1) is 22.7 Å². The van der Waals surface area contributed by atoms with Crippen molar-refractivity contribution in [1.29, 1.82) is 0 Å². The largest absolute Gasteiger partial charge is 0.483 e. The minimum Gasteiger partial charge on any atom is -0.483 e. The molecule has 132 valence electrons. The van der Waals surface area contributed by atoms with E-state index < -0.39 is 0 Å². The molecular weight excluding hydrogens is 364 g/mol. The van der Waals surface area contributed by atoms with Crippen LogP contribution in [0.5, 0.6) is 5.75 Å². The van der Waals surface area contributed by atoms with Gasteiger partial charge in [-0.2, -0.15) is 0 Å². The Bertz CT molecular complexity index is 1130. The summed E-state index contributed by atoms with van der Waals surface area (Å²) in [6.45, 7) is 5.99. The number of hydrogen-bond acceptors (Lipinski definition) is 5. The number of rotatable bonds is 4. The first-order valence-electron chi connectivity index (χ1n) is 8.28. The Labute approximate surface area is 159 Å². The molecule has 0 unspecified atom stereocenters. The minimum atomic E-state index is -0.166. The predicted octanol–water partition coefficient (Wildman–Crippen LogP) is 5.45. The molecule has 0 aliphatic rings. The van der Waals surface area contributed by atoms with Crippen LogP contribution in [0.3, 0.4) is 0 Å². The SMILES string of the molecule is Cc1ccc(NC(=O)COc2cc3sc(C)nc3c3sccc23)c(C)c1. The molecule has 0 atom stereocenters. The van der Waals surface area contributed by atoms with Crippen molar-refractivity contribution < 1.29 is 9.53 Å². The van der Waals surface area contributed by atoms with Crippen LogP contribution >= 0.6 is 22.7 Å². The van der Waals surface area contributed by atoms with Crippen molar-refractivity contribution in [2.24, 2.45) is 0 Å². The fourth-order valence-corrected chi connectivity index (χ4v) is 4.82. The van der Waals surface area contributed by atoms with Crippen LogP contribution in [0.25, 0.3) is 20.3 Å². The van der Waals surface area contributed by atoms with Crippen LogP contribution in [0.4, 0.5) is 5.69 Å². The average molecular weight is 383 g/mol. The topological polar surface area (TPSA) is 51.2 Å². The highest BCUT2D eigenvalue weighted by molar-refractivity contribution is 7.21. The first kappa shape index (κ1) is 17.0. The third-order valence-corrected chi connectivity index (χ3v) is 6.02. The van der Waals surface area contributed by atoms with Gasteiger partial charge in [0, 0.05) is 17.1 Å². The maximum Gasteiger partial charge on any atom is 0.262 e. The van der Waals surface area contributed by atoms with Gasteiger partial charge < -0.3 is 10.1 Å². The van der Waals surface area contributed by atoms with E-state index in [1.807, 2.05) is 56.5 Å². The van der Waals surface area contributed by atoms with Gasteiger partial charge in [0.15, 0.2) is 6.61 Å². The molecule has 4 nitrogen and oxygen atoms in total. The first-order valence-corrected chi connectivity index (χ1v) is 9.98. The summed E-state index contributed by atoms with van der Waals surface area (Å²) in [5, 5.41) is 6.98. The van der Waals surface area contributed by atoms with E-state index in [9.17, 15) is 4.79 Å². The Balaban J connectivity index is 1.55. The highest BCUT2D eigenvalue weighted by Crippen LogP contribution is 2.38. The van der Waals surface area contributed by atoms with Gasteiger partial charge in [-0.25, -0.2) is 4.98 Å². The quantitative estimate of drug-likeness (QED) is 0.510. The highest BCUT2D eigenvalue weighted by atomic mass is 32.1. The Morgan fingerprint density at radius 2 is 2.04 bits per heavy atom. The summed E-state index contributed by atoms with van der Waals surface area (Å²) in [5.41, 5.74) is 4.05. The molecule has 4 rings (SSSR count). The maximum atomic E-state index is 12.3. The second kappa shape index (κ2) is 6.70. The summed E-state index contributed by atoms with van der Waals surface area (Å²) in [6, 6.07) is 9.96. The number of aryl methyl sites for hydroxylation is 3. The standard InChI is InChI=1S/C20H18N2O2S2/c1-11-4-5-15(12(2)8-11)22-18(23)10-24-16-9-17-19(21-13(3)26-17)20-14(16)6-7-25-20/h4-9H,10H2,1-3H3,(H,22,23). The zero-order valence-corrected chi connectivity index (χ0v) is 16.4. The summed E-state index contributed by atoms with van der Waals surface area (Å²) >= 11 is 3.29. The molecule has 1 N–H and O–H groups in total. The number of thiophene rings is 1. The van der Waals surface area contributed by atoms with Crippen LogP contribution in [-0.4, -0.2) is 17.5 Å². The van der Waals surface area contributed by atoms with E-state index in [0.29, 0.717) is 0 Å². The number of benzene rings is 2. The number of hydrogen-bond donors (Lipinski definition) is 1. The number of carbonyl (C=O) groups excluding carboxylic acids is 1. The van der Waals surface area contributed by atoms with Crippen LogP contribution in [-0.2, 0) is 4.79 Å². The van der Waals surface area contributed by atoms with Crippen LogP contribution in [0.2, 0.25) is 0 Å². The van der Waals surface area contributed by atoms with Crippen molar-refractivity contribution in [2.45, 2.75) is 20.8 Å². The Hall–Kier alpha value is -2.44. The van der Waals surface area contributed by atoms with Gasteiger partial charge in [0.05, 0.1) is 19.9 Å². The number of anilines is 1. The molecule has 0 fully saturated rings.